The first kappa shape index (κ1) is 6.55. The molecule has 0 aliphatic carbocycles. The average Bonchev–Trinajstić information content (AvgIpc) is 1.81. The molecule has 1 fully saturated rings. The summed E-state index contributed by atoms with van der Waals surface area (Å²) in [6.45, 7) is 2.87. The van der Waals surface area contributed by atoms with Gasteiger partial charge in [0.15, 0.2) is 0 Å². The Labute approximate surface area is 54.8 Å². The van der Waals surface area contributed by atoms with E-state index in [0.29, 0.717) is 0 Å². The van der Waals surface area contributed by atoms with Gasteiger partial charge in [0.25, 0.3) is 0 Å². The monoisotopic (exact) mass is 128 g/mol. The standard InChI is InChI=1S/C6H12N2O/c1-6(3-4-8-6)5(9)7-2/h8H,3-4H2,1-2H3,(H,7,9)/t6-/m0/s1. The molecule has 0 radical (unpaired) electrons. The second-order valence-electron chi connectivity index (χ2n) is 2.59. The van der Waals surface area contributed by atoms with E-state index in [2.05, 4.69) is 10.6 Å². The molecule has 3 heteroatoms. The van der Waals surface area contributed by atoms with E-state index in [1.807, 2.05) is 6.92 Å². The second kappa shape index (κ2) is 1.99. The van der Waals surface area contributed by atoms with Crippen LogP contribution in [0.4, 0.5) is 0 Å². The Kier molecular flexibility index (Phi) is 1.45. The second-order valence-corrected chi connectivity index (χ2v) is 2.59. The van der Waals surface area contributed by atoms with Gasteiger partial charge in [-0.15, -0.1) is 0 Å². The lowest BCUT2D eigenvalue weighted by atomic mass is 9.89. The lowest BCUT2D eigenvalue weighted by molar-refractivity contribution is -0.129. The van der Waals surface area contributed by atoms with Crippen molar-refractivity contribution < 1.29 is 4.79 Å². The van der Waals surface area contributed by atoms with Gasteiger partial charge in [-0.25, -0.2) is 0 Å². The third-order valence-electron chi connectivity index (χ3n) is 1.87. The molecule has 2 N–H and O–H groups in total. The van der Waals surface area contributed by atoms with E-state index >= 15 is 0 Å². The van der Waals surface area contributed by atoms with E-state index in [9.17, 15) is 4.79 Å². The first-order chi connectivity index (χ1) is 4.19. The molecule has 9 heavy (non-hydrogen) atoms. The van der Waals surface area contributed by atoms with Crippen molar-refractivity contribution in [2.45, 2.75) is 18.9 Å². The Morgan fingerprint density at radius 1 is 1.78 bits per heavy atom. The van der Waals surface area contributed by atoms with Gasteiger partial charge in [-0.05, 0) is 19.9 Å². The molecular formula is C6H12N2O. The van der Waals surface area contributed by atoms with Crippen LogP contribution in [0, 0.1) is 0 Å². The Morgan fingerprint density at radius 2 is 2.33 bits per heavy atom. The summed E-state index contributed by atoms with van der Waals surface area (Å²) in [6.07, 6.45) is 0.951. The normalized spacial score (nSPS) is 33.1. The van der Waals surface area contributed by atoms with Gasteiger partial charge in [-0.1, -0.05) is 0 Å². The molecule has 52 valence electrons. The zero-order valence-electron chi connectivity index (χ0n) is 5.82. The predicted molar refractivity (Wildman–Crippen MR) is 35.1 cm³/mol. The van der Waals surface area contributed by atoms with Crippen LogP contribution in [0.3, 0.4) is 0 Å². The van der Waals surface area contributed by atoms with Crippen LogP contribution < -0.4 is 10.6 Å². The number of amides is 1. The van der Waals surface area contributed by atoms with Crippen LogP contribution in [0.5, 0.6) is 0 Å². The van der Waals surface area contributed by atoms with Gasteiger partial charge in [0, 0.05) is 7.05 Å². The van der Waals surface area contributed by atoms with Gasteiger partial charge in [-0.2, -0.15) is 0 Å². The van der Waals surface area contributed by atoms with E-state index < -0.39 is 0 Å². The van der Waals surface area contributed by atoms with Crippen LogP contribution >= 0.6 is 0 Å². The van der Waals surface area contributed by atoms with Crippen molar-refractivity contribution in [3.63, 3.8) is 0 Å². The molecule has 1 saturated heterocycles. The lowest BCUT2D eigenvalue weighted by Gasteiger charge is -2.37. The van der Waals surface area contributed by atoms with E-state index in [1.165, 1.54) is 0 Å². The summed E-state index contributed by atoms with van der Waals surface area (Å²) in [5.74, 6) is 0.0914. The zero-order chi connectivity index (χ0) is 6.91. The maximum atomic E-state index is 10.9. The van der Waals surface area contributed by atoms with E-state index in [1.54, 1.807) is 7.05 Å². The van der Waals surface area contributed by atoms with Crippen molar-refractivity contribution in [1.29, 1.82) is 0 Å². The molecule has 0 aromatic heterocycles. The van der Waals surface area contributed by atoms with Crippen LogP contribution in [0.1, 0.15) is 13.3 Å². The Balaban J connectivity index is 2.49. The summed E-state index contributed by atoms with van der Waals surface area (Å²) >= 11 is 0. The van der Waals surface area contributed by atoms with Crippen molar-refractivity contribution in [3.8, 4) is 0 Å². The van der Waals surface area contributed by atoms with Gasteiger partial charge < -0.3 is 10.6 Å². The fourth-order valence-corrected chi connectivity index (χ4v) is 0.970. The van der Waals surface area contributed by atoms with E-state index in [-0.39, 0.29) is 11.4 Å². The predicted octanol–water partition coefficient (Wildman–Crippen LogP) is -0.516. The molecule has 0 unspecified atom stereocenters. The third kappa shape index (κ3) is 0.920. The highest BCUT2D eigenvalue weighted by molar-refractivity contribution is 5.86. The molecule has 1 aliphatic heterocycles. The maximum Gasteiger partial charge on any atom is 0.239 e. The molecule has 3 nitrogen and oxygen atoms in total. The number of carbonyl (C=O) groups is 1. The summed E-state index contributed by atoms with van der Waals surface area (Å²) < 4.78 is 0. The van der Waals surface area contributed by atoms with Crippen molar-refractivity contribution in [3.05, 3.63) is 0 Å². The van der Waals surface area contributed by atoms with Gasteiger partial charge >= 0.3 is 0 Å². The Hall–Kier alpha value is -0.570. The minimum Gasteiger partial charge on any atom is -0.358 e. The zero-order valence-corrected chi connectivity index (χ0v) is 5.82. The van der Waals surface area contributed by atoms with Gasteiger partial charge in [0.2, 0.25) is 5.91 Å². The summed E-state index contributed by atoms with van der Waals surface area (Å²) in [5, 5.41) is 5.67. The average molecular weight is 128 g/mol. The molecule has 1 rings (SSSR count). The number of hydrogen-bond donors (Lipinski definition) is 2. The van der Waals surface area contributed by atoms with Crippen LogP contribution in [-0.2, 0) is 4.79 Å². The molecular weight excluding hydrogens is 116 g/mol. The molecule has 0 aromatic carbocycles. The van der Waals surface area contributed by atoms with Crippen LogP contribution in [0.15, 0.2) is 0 Å². The molecule has 1 heterocycles. The van der Waals surface area contributed by atoms with Crippen LogP contribution in [-0.4, -0.2) is 25.0 Å². The number of hydrogen-bond acceptors (Lipinski definition) is 2. The SMILES string of the molecule is CNC(=O)[C@]1(C)CCN1. The van der Waals surface area contributed by atoms with E-state index in [0.717, 1.165) is 13.0 Å². The molecule has 0 saturated carbocycles. The van der Waals surface area contributed by atoms with Crippen molar-refractivity contribution in [2.75, 3.05) is 13.6 Å². The van der Waals surface area contributed by atoms with Crippen molar-refractivity contribution in [1.82, 2.24) is 10.6 Å². The summed E-state index contributed by atoms with van der Waals surface area (Å²) in [4.78, 5) is 10.9. The highest BCUT2D eigenvalue weighted by atomic mass is 16.2. The lowest BCUT2D eigenvalue weighted by Crippen LogP contribution is -2.63. The topological polar surface area (TPSA) is 41.1 Å². The Morgan fingerprint density at radius 3 is 2.44 bits per heavy atom. The maximum absolute atomic E-state index is 10.9. The number of rotatable bonds is 1. The van der Waals surface area contributed by atoms with Crippen LogP contribution in [0.2, 0.25) is 0 Å². The fourth-order valence-electron chi connectivity index (χ4n) is 0.970. The Bertz CT molecular complexity index is 129. The van der Waals surface area contributed by atoms with Crippen molar-refractivity contribution >= 4 is 5.91 Å². The van der Waals surface area contributed by atoms with E-state index in [4.69, 9.17) is 0 Å². The molecule has 0 bridgehead atoms. The molecule has 1 atom stereocenters. The highest BCUT2D eigenvalue weighted by Crippen LogP contribution is 2.16. The van der Waals surface area contributed by atoms with Gasteiger partial charge in [0.1, 0.15) is 0 Å². The van der Waals surface area contributed by atoms with Crippen molar-refractivity contribution in [2.24, 2.45) is 0 Å². The van der Waals surface area contributed by atoms with Gasteiger partial charge in [-0.3, -0.25) is 4.79 Å². The largest absolute Gasteiger partial charge is 0.358 e. The highest BCUT2D eigenvalue weighted by Gasteiger charge is 2.37. The summed E-state index contributed by atoms with van der Waals surface area (Å²) in [7, 11) is 1.66. The molecule has 0 spiro atoms. The fraction of sp³-hybridized carbons (Fsp3) is 0.833. The quantitative estimate of drug-likeness (QED) is 0.499. The smallest absolute Gasteiger partial charge is 0.239 e. The number of nitrogens with one attached hydrogen (secondary N) is 2. The third-order valence-corrected chi connectivity index (χ3v) is 1.87. The molecule has 1 amide bonds. The summed E-state index contributed by atoms with van der Waals surface area (Å²) in [6, 6.07) is 0. The summed E-state index contributed by atoms with van der Waals surface area (Å²) in [5.41, 5.74) is -0.269. The minimum absolute atomic E-state index is 0.0914. The number of likely N-dealkylation sites (N-methyl/N-ethyl adjacent to an activating group) is 1. The first-order valence-corrected chi connectivity index (χ1v) is 3.16. The van der Waals surface area contributed by atoms with Gasteiger partial charge in [0.05, 0.1) is 5.54 Å². The van der Waals surface area contributed by atoms with Crippen LogP contribution in [0.25, 0.3) is 0 Å². The molecule has 0 aromatic rings. The molecule has 1 aliphatic rings. The number of carbonyl (C=O) groups excluding carboxylic acids is 1. The first-order valence-electron chi connectivity index (χ1n) is 3.16. The minimum atomic E-state index is -0.269.